The van der Waals surface area contributed by atoms with E-state index in [1.54, 1.807) is 31.2 Å². The summed E-state index contributed by atoms with van der Waals surface area (Å²) >= 11 is 0. The topological polar surface area (TPSA) is 122 Å². The van der Waals surface area contributed by atoms with E-state index in [1.807, 2.05) is 0 Å². The Hall–Kier alpha value is -3.55. The van der Waals surface area contributed by atoms with E-state index in [2.05, 4.69) is 10.3 Å². The third-order valence-electron chi connectivity index (χ3n) is 3.36. The molecule has 0 aliphatic heterocycles. The number of fused-ring (bicyclic) bond motifs is 1. The van der Waals surface area contributed by atoms with Gasteiger partial charge in [-0.15, -0.1) is 0 Å². The molecule has 0 spiro atoms. The minimum Gasteiger partial charge on any atom is -0.508 e. The van der Waals surface area contributed by atoms with Crippen LogP contribution < -0.4 is 10.9 Å². The number of carbonyl (C=O) groups is 1. The van der Waals surface area contributed by atoms with Crippen LogP contribution in [0.2, 0.25) is 0 Å². The van der Waals surface area contributed by atoms with Crippen LogP contribution in [-0.2, 0) is 4.74 Å². The highest BCUT2D eigenvalue weighted by Gasteiger charge is 2.20. The molecule has 25 heavy (non-hydrogen) atoms. The Labute approximate surface area is 141 Å². The molecular formula is C17H14N2O6. The van der Waals surface area contributed by atoms with Crippen LogP contribution in [0.5, 0.6) is 11.5 Å². The predicted octanol–water partition coefficient (Wildman–Crippen LogP) is 2.83. The molecular weight excluding hydrogens is 328 g/mol. The number of phenolic OH excluding ortho intramolecular Hbond substituents is 2. The molecule has 3 rings (SSSR count). The van der Waals surface area contributed by atoms with Gasteiger partial charge in [-0.1, -0.05) is 12.1 Å². The molecule has 0 unspecified atom stereocenters. The molecule has 0 aliphatic rings. The van der Waals surface area contributed by atoms with Gasteiger partial charge in [-0.2, -0.15) is 4.98 Å². The maximum atomic E-state index is 12.2. The van der Waals surface area contributed by atoms with Crippen molar-refractivity contribution in [1.29, 1.82) is 0 Å². The lowest BCUT2D eigenvalue weighted by Crippen LogP contribution is -2.14. The van der Waals surface area contributed by atoms with Crippen LogP contribution in [0.25, 0.3) is 22.4 Å². The molecule has 1 amide bonds. The van der Waals surface area contributed by atoms with E-state index in [4.69, 9.17) is 9.15 Å². The Balaban J connectivity index is 2.19. The summed E-state index contributed by atoms with van der Waals surface area (Å²) in [6.45, 7) is 1.76. The highest BCUT2D eigenvalue weighted by atomic mass is 16.5. The van der Waals surface area contributed by atoms with E-state index in [0.29, 0.717) is 0 Å². The van der Waals surface area contributed by atoms with E-state index in [1.165, 1.54) is 6.07 Å². The fourth-order valence-corrected chi connectivity index (χ4v) is 2.33. The first-order valence-corrected chi connectivity index (χ1v) is 7.39. The van der Waals surface area contributed by atoms with Crippen molar-refractivity contribution in [2.24, 2.45) is 0 Å². The number of rotatable bonds is 3. The van der Waals surface area contributed by atoms with Gasteiger partial charge in [0, 0.05) is 12.1 Å². The van der Waals surface area contributed by atoms with Crippen molar-refractivity contribution in [3.63, 3.8) is 0 Å². The van der Waals surface area contributed by atoms with E-state index in [9.17, 15) is 19.8 Å². The zero-order chi connectivity index (χ0) is 18.0. The number of hydrogen-bond acceptors (Lipinski definition) is 7. The van der Waals surface area contributed by atoms with Gasteiger partial charge in [-0.25, -0.2) is 4.79 Å². The standard InChI is InChI=1S/C17H14N2O6/c1-2-24-17(23)18-11-7-9(20)8-12(21)14(11)16-19-15(22)10-5-3-4-6-13(10)25-16/h3-8,20-21H,2H2,1H3,(H,18,23). The monoisotopic (exact) mass is 342 g/mol. The maximum Gasteiger partial charge on any atom is 0.411 e. The smallest absolute Gasteiger partial charge is 0.411 e. The molecule has 0 fully saturated rings. The third-order valence-corrected chi connectivity index (χ3v) is 3.36. The summed E-state index contributed by atoms with van der Waals surface area (Å²) in [5.74, 6) is -0.915. The van der Waals surface area contributed by atoms with Gasteiger partial charge in [-0.3, -0.25) is 10.1 Å². The molecule has 2 aromatic carbocycles. The summed E-state index contributed by atoms with van der Waals surface area (Å²) in [5, 5.41) is 22.5. The van der Waals surface area contributed by atoms with Crippen molar-refractivity contribution in [2.45, 2.75) is 6.92 Å². The predicted molar refractivity (Wildman–Crippen MR) is 89.7 cm³/mol. The molecule has 8 heteroatoms. The van der Waals surface area contributed by atoms with Crippen molar-refractivity contribution in [3.05, 3.63) is 46.8 Å². The first-order valence-electron chi connectivity index (χ1n) is 7.39. The number of benzene rings is 2. The summed E-state index contributed by atoms with van der Waals surface area (Å²) in [6.07, 6.45) is -0.795. The number of carbonyl (C=O) groups excluding carboxylic acids is 1. The maximum absolute atomic E-state index is 12.2. The minimum absolute atomic E-state index is 0.0121. The molecule has 8 nitrogen and oxygen atoms in total. The first-order chi connectivity index (χ1) is 12.0. The Morgan fingerprint density at radius 1 is 1.28 bits per heavy atom. The number of nitrogens with zero attached hydrogens (tertiary/aromatic N) is 1. The van der Waals surface area contributed by atoms with Crippen molar-refractivity contribution in [3.8, 4) is 23.0 Å². The largest absolute Gasteiger partial charge is 0.508 e. The number of nitrogens with one attached hydrogen (secondary N) is 1. The summed E-state index contributed by atoms with van der Waals surface area (Å²) in [4.78, 5) is 27.7. The molecule has 1 aromatic heterocycles. The molecule has 1 heterocycles. The SMILES string of the molecule is CCOC(=O)Nc1cc(O)cc(O)c1-c1nc(=O)c2ccccc2o1. The van der Waals surface area contributed by atoms with Crippen molar-refractivity contribution in [2.75, 3.05) is 11.9 Å². The van der Waals surface area contributed by atoms with Crippen LogP contribution >= 0.6 is 0 Å². The molecule has 3 aromatic rings. The fraction of sp³-hybridized carbons (Fsp3) is 0.118. The Morgan fingerprint density at radius 3 is 2.80 bits per heavy atom. The van der Waals surface area contributed by atoms with Gasteiger partial charge in [0.05, 0.1) is 17.7 Å². The zero-order valence-electron chi connectivity index (χ0n) is 13.1. The zero-order valence-corrected chi connectivity index (χ0v) is 13.1. The number of aromatic nitrogens is 1. The molecule has 3 N–H and O–H groups in total. The average molecular weight is 342 g/mol. The highest BCUT2D eigenvalue weighted by molar-refractivity contribution is 5.93. The summed E-state index contributed by atoms with van der Waals surface area (Å²) in [6, 6.07) is 8.73. The number of phenols is 2. The van der Waals surface area contributed by atoms with Gasteiger partial charge < -0.3 is 19.4 Å². The van der Waals surface area contributed by atoms with Crippen LogP contribution in [-0.4, -0.2) is 27.9 Å². The van der Waals surface area contributed by atoms with Gasteiger partial charge in [-0.05, 0) is 19.1 Å². The summed E-state index contributed by atoms with van der Waals surface area (Å²) in [7, 11) is 0. The summed E-state index contributed by atoms with van der Waals surface area (Å²) < 4.78 is 10.4. The molecule has 0 atom stereocenters. The Morgan fingerprint density at radius 2 is 2.04 bits per heavy atom. The normalized spacial score (nSPS) is 10.6. The molecule has 0 bridgehead atoms. The molecule has 128 valence electrons. The second kappa shape index (κ2) is 6.52. The lowest BCUT2D eigenvalue weighted by Gasteiger charge is -2.12. The molecule has 0 radical (unpaired) electrons. The lowest BCUT2D eigenvalue weighted by molar-refractivity contribution is 0.168. The quantitative estimate of drug-likeness (QED) is 0.669. The van der Waals surface area contributed by atoms with E-state index < -0.39 is 17.4 Å². The van der Waals surface area contributed by atoms with Gasteiger partial charge >= 0.3 is 6.09 Å². The van der Waals surface area contributed by atoms with Crippen LogP contribution in [0.4, 0.5) is 10.5 Å². The second-order valence-corrected chi connectivity index (χ2v) is 5.05. The fourth-order valence-electron chi connectivity index (χ4n) is 2.33. The molecule has 0 saturated carbocycles. The second-order valence-electron chi connectivity index (χ2n) is 5.05. The average Bonchev–Trinajstić information content (AvgIpc) is 2.54. The van der Waals surface area contributed by atoms with Gasteiger partial charge in [0.2, 0.25) is 5.89 Å². The van der Waals surface area contributed by atoms with Crippen LogP contribution in [0.15, 0.2) is 45.6 Å². The van der Waals surface area contributed by atoms with Gasteiger partial charge in [0.15, 0.2) is 0 Å². The van der Waals surface area contributed by atoms with Crippen LogP contribution in [0, 0.1) is 0 Å². The molecule has 0 saturated heterocycles. The number of amides is 1. The third kappa shape index (κ3) is 3.23. The first kappa shape index (κ1) is 16.3. The Bertz CT molecular complexity index is 1010. The van der Waals surface area contributed by atoms with Gasteiger partial charge in [0.1, 0.15) is 22.6 Å². The number of anilines is 1. The van der Waals surface area contributed by atoms with Crippen molar-refractivity contribution in [1.82, 2.24) is 4.98 Å². The van der Waals surface area contributed by atoms with Crippen LogP contribution in [0.3, 0.4) is 0 Å². The number of para-hydroxylation sites is 1. The lowest BCUT2D eigenvalue weighted by atomic mass is 10.1. The van der Waals surface area contributed by atoms with Crippen molar-refractivity contribution >= 4 is 22.7 Å². The molecule has 0 aliphatic carbocycles. The number of ether oxygens (including phenoxy) is 1. The highest BCUT2D eigenvalue weighted by Crippen LogP contribution is 2.38. The van der Waals surface area contributed by atoms with E-state index in [0.717, 1.165) is 6.07 Å². The number of aromatic hydroxyl groups is 2. The van der Waals surface area contributed by atoms with Gasteiger partial charge in [0.25, 0.3) is 5.56 Å². The number of hydrogen-bond donors (Lipinski definition) is 3. The Kier molecular flexibility index (Phi) is 4.25. The summed E-state index contributed by atoms with van der Waals surface area (Å²) in [5.41, 5.74) is -0.339. The van der Waals surface area contributed by atoms with E-state index >= 15 is 0 Å². The van der Waals surface area contributed by atoms with E-state index in [-0.39, 0.29) is 40.5 Å². The van der Waals surface area contributed by atoms with Crippen LogP contribution in [0.1, 0.15) is 6.92 Å². The minimum atomic E-state index is -0.795. The van der Waals surface area contributed by atoms with Crippen molar-refractivity contribution < 1.29 is 24.2 Å².